The van der Waals surface area contributed by atoms with Crippen LogP contribution in [-0.4, -0.2) is 33.5 Å². The second-order valence-electron chi connectivity index (χ2n) is 5.96. The Labute approximate surface area is 165 Å². The van der Waals surface area contributed by atoms with E-state index in [2.05, 4.69) is 27.0 Å². The standard InChI is InChI=1S/C20H19F2N5O2/c1-4-17(23-5-2)26-20(28)14-11-24-27-16(18(21)22)10-15(25-19(14)27)12-6-8-13(29-3)9-7-12/h5-11,18H,2,4H2,1,3H3,(H,23,26,28). The first-order valence-electron chi connectivity index (χ1n) is 8.78. The fraction of sp³-hybridized carbons (Fsp3) is 0.200. The lowest BCUT2D eigenvalue weighted by Crippen LogP contribution is -2.29. The number of amides is 1. The lowest BCUT2D eigenvalue weighted by Gasteiger charge is -2.09. The molecule has 0 spiro atoms. The normalized spacial score (nSPS) is 11.7. The summed E-state index contributed by atoms with van der Waals surface area (Å²) in [6.07, 6.45) is 0.179. The monoisotopic (exact) mass is 399 g/mol. The Hall–Kier alpha value is -3.62. The maximum Gasteiger partial charge on any atom is 0.280 e. The molecular weight excluding hydrogens is 380 g/mol. The Morgan fingerprint density at radius 2 is 2.10 bits per heavy atom. The first-order chi connectivity index (χ1) is 14.0. The molecule has 3 rings (SSSR count). The largest absolute Gasteiger partial charge is 0.497 e. The lowest BCUT2D eigenvalue weighted by atomic mass is 10.1. The average Bonchev–Trinajstić information content (AvgIpc) is 3.16. The van der Waals surface area contributed by atoms with E-state index in [1.807, 2.05) is 6.92 Å². The molecule has 0 fully saturated rings. The van der Waals surface area contributed by atoms with Crippen molar-refractivity contribution >= 4 is 17.4 Å². The number of alkyl halides is 2. The smallest absolute Gasteiger partial charge is 0.280 e. The van der Waals surface area contributed by atoms with Gasteiger partial charge in [0.05, 0.1) is 19.0 Å². The third-order valence-electron chi connectivity index (χ3n) is 4.19. The minimum Gasteiger partial charge on any atom is -0.497 e. The Morgan fingerprint density at radius 1 is 1.38 bits per heavy atom. The van der Waals surface area contributed by atoms with Gasteiger partial charge < -0.3 is 10.1 Å². The number of hydrogen-bond acceptors (Lipinski definition) is 5. The number of hydrogen-bond donors (Lipinski definition) is 1. The van der Waals surface area contributed by atoms with Crippen LogP contribution in [0.1, 0.15) is 35.8 Å². The average molecular weight is 399 g/mol. The SMILES string of the molecule is C=CN=C(CC)NC(=O)c1cnn2c(C(F)F)cc(-c3ccc(OC)cc3)nc12. The van der Waals surface area contributed by atoms with Crippen LogP contribution in [0.4, 0.5) is 8.78 Å². The molecule has 0 aliphatic rings. The summed E-state index contributed by atoms with van der Waals surface area (Å²) < 4.78 is 33.4. The molecule has 0 unspecified atom stereocenters. The van der Waals surface area contributed by atoms with Crippen LogP contribution in [0.5, 0.6) is 5.75 Å². The zero-order chi connectivity index (χ0) is 21.0. The summed E-state index contributed by atoms with van der Waals surface area (Å²) in [5.41, 5.74) is 0.619. The highest BCUT2D eigenvalue weighted by molar-refractivity contribution is 6.09. The molecule has 1 N–H and O–H groups in total. The second kappa shape index (κ2) is 8.59. The van der Waals surface area contributed by atoms with E-state index >= 15 is 0 Å². The number of aromatic nitrogens is 3. The van der Waals surface area contributed by atoms with Gasteiger partial charge in [0.25, 0.3) is 12.3 Å². The van der Waals surface area contributed by atoms with Crippen LogP contribution in [0.2, 0.25) is 0 Å². The minimum atomic E-state index is -2.80. The van der Waals surface area contributed by atoms with Gasteiger partial charge in [-0.15, -0.1) is 0 Å². The molecule has 0 bridgehead atoms. The summed E-state index contributed by atoms with van der Waals surface area (Å²) in [4.78, 5) is 21.0. The highest BCUT2D eigenvalue weighted by Gasteiger charge is 2.22. The molecule has 2 aromatic heterocycles. The quantitative estimate of drug-likeness (QED) is 0.501. The number of nitrogens with zero attached hydrogens (tertiary/aromatic N) is 4. The van der Waals surface area contributed by atoms with Crippen molar-refractivity contribution in [2.75, 3.05) is 7.11 Å². The number of carbonyl (C=O) groups is 1. The first kappa shape index (κ1) is 20.1. The fourth-order valence-electron chi connectivity index (χ4n) is 2.73. The van der Waals surface area contributed by atoms with Crippen molar-refractivity contribution in [2.24, 2.45) is 4.99 Å². The molecule has 0 radical (unpaired) electrons. The molecule has 0 aliphatic carbocycles. The van der Waals surface area contributed by atoms with Crippen molar-refractivity contribution in [2.45, 2.75) is 19.8 Å². The molecule has 29 heavy (non-hydrogen) atoms. The predicted molar refractivity (Wildman–Crippen MR) is 105 cm³/mol. The number of aliphatic imine (C=N–C) groups is 1. The van der Waals surface area contributed by atoms with Crippen LogP contribution in [0.15, 0.2) is 54.3 Å². The van der Waals surface area contributed by atoms with Gasteiger partial charge in [-0.05, 0) is 30.3 Å². The maximum atomic E-state index is 13.6. The number of benzene rings is 1. The Morgan fingerprint density at radius 3 is 2.69 bits per heavy atom. The predicted octanol–water partition coefficient (Wildman–Crippen LogP) is 4.02. The Balaban J connectivity index is 2.11. The molecule has 0 saturated carbocycles. The molecule has 150 valence electrons. The van der Waals surface area contributed by atoms with Crippen LogP contribution in [0.25, 0.3) is 16.9 Å². The molecular formula is C20H19F2N5O2. The van der Waals surface area contributed by atoms with Crippen LogP contribution in [0.3, 0.4) is 0 Å². The Kier molecular flexibility index (Phi) is 5.96. The molecule has 0 saturated heterocycles. The van der Waals surface area contributed by atoms with E-state index < -0.39 is 12.3 Å². The van der Waals surface area contributed by atoms with Crippen LogP contribution in [-0.2, 0) is 0 Å². The zero-order valence-electron chi connectivity index (χ0n) is 15.9. The van der Waals surface area contributed by atoms with E-state index in [1.165, 1.54) is 25.6 Å². The maximum absolute atomic E-state index is 13.6. The highest BCUT2D eigenvalue weighted by Crippen LogP contribution is 2.27. The number of rotatable bonds is 6. The van der Waals surface area contributed by atoms with Crippen molar-refractivity contribution in [3.63, 3.8) is 0 Å². The zero-order valence-corrected chi connectivity index (χ0v) is 15.9. The van der Waals surface area contributed by atoms with Gasteiger partial charge in [-0.25, -0.2) is 23.3 Å². The summed E-state index contributed by atoms with van der Waals surface area (Å²) in [5.74, 6) is 0.480. The first-order valence-corrected chi connectivity index (χ1v) is 8.78. The van der Waals surface area contributed by atoms with Gasteiger partial charge in [-0.2, -0.15) is 5.10 Å². The summed E-state index contributed by atoms with van der Waals surface area (Å²) in [5, 5.41) is 6.56. The van der Waals surface area contributed by atoms with Crippen LogP contribution in [0, 0.1) is 0 Å². The van der Waals surface area contributed by atoms with Gasteiger partial charge in [0.15, 0.2) is 5.65 Å². The molecule has 1 amide bonds. The number of amidine groups is 1. The van der Waals surface area contributed by atoms with Crippen molar-refractivity contribution in [3.05, 3.63) is 60.6 Å². The molecule has 7 nitrogen and oxygen atoms in total. The summed E-state index contributed by atoms with van der Waals surface area (Å²) in [7, 11) is 1.53. The fourth-order valence-corrected chi connectivity index (χ4v) is 2.73. The van der Waals surface area contributed by atoms with E-state index in [0.717, 1.165) is 4.52 Å². The number of ether oxygens (including phenoxy) is 1. The summed E-state index contributed by atoms with van der Waals surface area (Å²) >= 11 is 0. The number of nitrogens with one attached hydrogen (secondary N) is 1. The van der Waals surface area contributed by atoms with Crippen molar-refractivity contribution in [1.29, 1.82) is 0 Å². The minimum absolute atomic E-state index is 0.0279. The lowest BCUT2D eigenvalue weighted by molar-refractivity contribution is 0.0977. The van der Waals surface area contributed by atoms with Crippen molar-refractivity contribution < 1.29 is 18.3 Å². The molecule has 2 heterocycles. The van der Waals surface area contributed by atoms with Crippen LogP contribution < -0.4 is 10.1 Å². The van der Waals surface area contributed by atoms with E-state index in [0.29, 0.717) is 29.3 Å². The van der Waals surface area contributed by atoms with Gasteiger partial charge in [0, 0.05) is 18.2 Å². The summed E-state index contributed by atoms with van der Waals surface area (Å²) in [6.45, 7) is 5.31. The van der Waals surface area contributed by atoms with E-state index in [-0.39, 0.29) is 16.9 Å². The second-order valence-corrected chi connectivity index (χ2v) is 5.96. The summed E-state index contributed by atoms with van der Waals surface area (Å²) in [6, 6.07) is 8.06. The third kappa shape index (κ3) is 4.13. The highest BCUT2D eigenvalue weighted by atomic mass is 19.3. The van der Waals surface area contributed by atoms with Gasteiger partial charge in [0.1, 0.15) is 22.8 Å². The van der Waals surface area contributed by atoms with Gasteiger partial charge in [0.2, 0.25) is 0 Å². The number of fused-ring (bicyclic) bond motifs is 1. The number of carbonyl (C=O) groups excluding carboxylic acids is 1. The Bertz CT molecular complexity index is 1070. The number of halogens is 2. The molecule has 1 aromatic carbocycles. The van der Waals surface area contributed by atoms with E-state index in [1.54, 1.807) is 24.3 Å². The molecule has 0 atom stereocenters. The van der Waals surface area contributed by atoms with Gasteiger partial charge in [-0.1, -0.05) is 13.5 Å². The van der Waals surface area contributed by atoms with Gasteiger partial charge >= 0.3 is 0 Å². The molecule has 3 aromatic rings. The van der Waals surface area contributed by atoms with E-state index in [4.69, 9.17) is 4.74 Å². The molecule has 0 aliphatic heterocycles. The van der Waals surface area contributed by atoms with Crippen molar-refractivity contribution in [3.8, 4) is 17.0 Å². The van der Waals surface area contributed by atoms with Gasteiger partial charge in [-0.3, -0.25) is 4.79 Å². The van der Waals surface area contributed by atoms with Crippen molar-refractivity contribution in [1.82, 2.24) is 19.9 Å². The van der Waals surface area contributed by atoms with E-state index in [9.17, 15) is 13.6 Å². The number of methoxy groups -OCH3 is 1. The third-order valence-corrected chi connectivity index (χ3v) is 4.19. The molecule has 9 heteroatoms. The topological polar surface area (TPSA) is 80.9 Å². The van der Waals surface area contributed by atoms with Crippen LogP contribution >= 0.6 is 0 Å².